The van der Waals surface area contributed by atoms with Crippen LogP contribution in [-0.2, 0) is 24.2 Å². The quantitative estimate of drug-likeness (QED) is 0.169. The molecule has 28 heavy (non-hydrogen) atoms. The lowest BCUT2D eigenvalue weighted by atomic mass is 10.4. The molecule has 0 radical (unpaired) electrons. The molecule has 0 aliphatic carbocycles. The van der Waals surface area contributed by atoms with Gasteiger partial charge in [-0.2, -0.15) is 4.31 Å². The summed E-state index contributed by atoms with van der Waals surface area (Å²) in [5.41, 5.74) is 0. The highest BCUT2D eigenvalue weighted by Gasteiger charge is 2.27. The molecule has 1 saturated heterocycles. The first-order valence-corrected chi connectivity index (χ1v) is 11.2. The van der Waals surface area contributed by atoms with Gasteiger partial charge in [-0.25, -0.2) is 8.42 Å². The number of hydrogen-bond donors (Lipinski definition) is 1. The van der Waals surface area contributed by atoms with Crippen molar-refractivity contribution in [3.05, 3.63) is 0 Å². The Hall–Kier alpha value is -0.210. The lowest BCUT2D eigenvalue weighted by Crippen LogP contribution is -2.54. The van der Waals surface area contributed by atoms with Crippen LogP contribution in [0.25, 0.3) is 0 Å². The summed E-state index contributed by atoms with van der Waals surface area (Å²) >= 11 is 0. The lowest BCUT2D eigenvalue weighted by Gasteiger charge is -2.35. The Morgan fingerprint density at radius 1 is 1.11 bits per heavy atom. The van der Waals surface area contributed by atoms with Gasteiger partial charge >= 0.3 is 0 Å². The predicted octanol–water partition coefficient (Wildman–Crippen LogP) is 0.605. The van der Waals surface area contributed by atoms with Gasteiger partial charge in [0.25, 0.3) is 0 Å². The van der Waals surface area contributed by atoms with E-state index in [1.165, 1.54) is 0 Å². The van der Waals surface area contributed by atoms with E-state index >= 15 is 0 Å². The minimum absolute atomic E-state index is 0. The van der Waals surface area contributed by atoms with E-state index in [1.54, 1.807) is 11.4 Å². The number of hydrogen-bond acceptors (Lipinski definition) is 6. The molecule has 11 heteroatoms. The number of sulfonamides is 1. The smallest absolute Gasteiger partial charge is 0.216 e. The molecule has 0 atom stereocenters. The summed E-state index contributed by atoms with van der Waals surface area (Å²) in [6.07, 6.45) is 0.0365. The first-order chi connectivity index (χ1) is 12.9. The third kappa shape index (κ3) is 11.1. The molecule has 0 spiro atoms. The summed E-state index contributed by atoms with van der Waals surface area (Å²) in [4.78, 5) is 6.66. The van der Waals surface area contributed by atoms with Gasteiger partial charge in [0.2, 0.25) is 10.0 Å². The number of methoxy groups -OCH3 is 1. The Balaban J connectivity index is 0.00000729. The molecule has 0 aromatic heterocycles. The van der Waals surface area contributed by atoms with Crippen molar-refractivity contribution in [2.24, 2.45) is 4.99 Å². The van der Waals surface area contributed by atoms with Crippen molar-refractivity contribution in [1.82, 2.24) is 14.5 Å². The lowest BCUT2D eigenvalue weighted by molar-refractivity contribution is 0.0747. The van der Waals surface area contributed by atoms with E-state index in [4.69, 9.17) is 14.2 Å². The van der Waals surface area contributed by atoms with Crippen molar-refractivity contribution in [3.63, 3.8) is 0 Å². The van der Waals surface area contributed by atoms with Gasteiger partial charge in [0.15, 0.2) is 5.96 Å². The first kappa shape index (κ1) is 27.8. The standard InChI is InChI=1S/C17H36N4O5S.HI/c1-5-18-17(19-6-11-25-13-12-24-4)20-7-9-21(10-8-20)27(22,23)15-14-26-16(2)3;/h16H,5-15H2,1-4H3,(H,18,19);1H. The van der Waals surface area contributed by atoms with Gasteiger partial charge in [-0.05, 0) is 20.8 Å². The molecule has 1 fully saturated rings. The van der Waals surface area contributed by atoms with E-state index in [0.717, 1.165) is 12.5 Å². The van der Waals surface area contributed by atoms with Crippen LogP contribution in [0.4, 0.5) is 0 Å². The number of guanidine groups is 1. The van der Waals surface area contributed by atoms with E-state index < -0.39 is 10.0 Å². The second kappa shape index (κ2) is 15.6. The molecule has 1 aliphatic heterocycles. The topological polar surface area (TPSA) is 92.7 Å². The van der Waals surface area contributed by atoms with Gasteiger partial charge in [0, 0.05) is 39.8 Å². The molecule has 0 aromatic carbocycles. The normalized spacial score (nSPS) is 16.3. The van der Waals surface area contributed by atoms with E-state index in [2.05, 4.69) is 15.2 Å². The van der Waals surface area contributed by atoms with Crippen LogP contribution in [0.15, 0.2) is 4.99 Å². The third-order valence-corrected chi connectivity index (χ3v) is 5.82. The first-order valence-electron chi connectivity index (χ1n) is 9.60. The van der Waals surface area contributed by atoms with Crippen molar-refractivity contribution in [3.8, 4) is 0 Å². The summed E-state index contributed by atoms with van der Waals surface area (Å²) in [7, 11) is -1.64. The summed E-state index contributed by atoms with van der Waals surface area (Å²) in [6, 6.07) is 0. The fourth-order valence-corrected chi connectivity index (χ4v) is 3.87. The Labute approximate surface area is 187 Å². The van der Waals surface area contributed by atoms with Crippen LogP contribution in [0.3, 0.4) is 0 Å². The largest absolute Gasteiger partial charge is 0.382 e. The van der Waals surface area contributed by atoms with Crippen molar-refractivity contribution in [2.45, 2.75) is 26.9 Å². The fraction of sp³-hybridized carbons (Fsp3) is 0.941. The molecule has 1 rings (SSSR count). The van der Waals surface area contributed by atoms with Crippen molar-refractivity contribution < 1.29 is 22.6 Å². The van der Waals surface area contributed by atoms with E-state index in [1.807, 2.05) is 20.8 Å². The Bertz CT molecular complexity index is 526. The number of piperazine rings is 1. The maximum Gasteiger partial charge on any atom is 0.216 e. The zero-order valence-corrected chi connectivity index (χ0v) is 20.7. The van der Waals surface area contributed by atoms with Crippen LogP contribution in [0.1, 0.15) is 20.8 Å². The Morgan fingerprint density at radius 3 is 2.36 bits per heavy atom. The van der Waals surface area contributed by atoms with Gasteiger partial charge in [0.05, 0.1) is 44.8 Å². The second-order valence-electron chi connectivity index (χ2n) is 6.46. The minimum atomic E-state index is -3.28. The average Bonchev–Trinajstić information content (AvgIpc) is 2.63. The molecule has 0 saturated carbocycles. The predicted molar refractivity (Wildman–Crippen MR) is 122 cm³/mol. The van der Waals surface area contributed by atoms with Gasteiger partial charge < -0.3 is 24.4 Å². The van der Waals surface area contributed by atoms with Crippen LogP contribution in [0, 0.1) is 0 Å². The van der Waals surface area contributed by atoms with Gasteiger partial charge in [0.1, 0.15) is 0 Å². The molecule has 168 valence electrons. The molecule has 1 aliphatic rings. The fourth-order valence-electron chi connectivity index (χ4n) is 2.58. The SMILES string of the molecule is CCNC(=NCCOCCOC)N1CCN(S(=O)(=O)CCOC(C)C)CC1.I. The molecule has 1 heterocycles. The highest BCUT2D eigenvalue weighted by Crippen LogP contribution is 2.09. The number of rotatable bonds is 12. The molecule has 0 amide bonds. The third-order valence-electron chi connectivity index (χ3n) is 3.99. The van der Waals surface area contributed by atoms with Crippen LogP contribution >= 0.6 is 24.0 Å². The van der Waals surface area contributed by atoms with E-state index in [0.29, 0.717) is 52.5 Å². The van der Waals surface area contributed by atoms with Gasteiger partial charge in [-0.15, -0.1) is 24.0 Å². The Morgan fingerprint density at radius 2 is 1.79 bits per heavy atom. The summed E-state index contributed by atoms with van der Waals surface area (Å²) in [5.74, 6) is 0.825. The number of nitrogens with zero attached hydrogens (tertiary/aromatic N) is 3. The summed E-state index contributed by atoms with van der Waals surface area (Å²) in [5, 5.41) is 3.26. The number of nitrogens with one attached hydrogen (secondary N) is 1. The molecular formula is C17H37IN4O5S. The highest BCUT2D eigenvalue weighted by molar-refractivity contribution is 14.0. The van der Waals surface area contributed by atoms with E-state index in [-0.39, 0.29) is 42.4 Å². The molecule has 0 bridgehead atoms. The molecule has 1 N–H and O–H groups in total. The minimum Gasteiger partial charge on any atom is -0.382 e. The maximum atomic E-state index is 12.4. The van der Waals surface area contributed by atoms with E-state index in [9.17, 15) is 8.42 Å². The summed E-state index contributed by atoms with van der Waals surface area (Å²) < 4.78 is 42.1. The second-order valence-corrected chi connectivity index (χ2v) is 8.55. The average molecular weight is 536 g/mol. The monoisotopic (exact) mass is 536 g/mol. The van der Waals surface area contributed by atoms with Crippen LogP contribution < -0.4 is 5.32 Å². The van der Waals surface area contributed by atoms with Crippen LogP contribution in [0.2, 0.25) is 0 Å². The van der Waals surface area contributed by atoms with Gasteiger partial charge in [-0.1, -0.05) is 0 Å². The zero-order chi connectivity index (χ0) is 20.1. The molecule has 9 nitrogen and oxygen atoms in total. The maximum absolute atomic E-state index is 12.4. The van der Waals surface area contributed by atoms with Crippen molar-refractivity contribution in [2.75, 3.05) is 78.6 Å². The summed E-state index contributed by atoms with van der Waals surface area (Å²) in [6.45, 7) is 11.1. The molecule has 0 aromatic rings. The van der Waals surface area contributed by atoms with Gasteiger partial charge in [-0.3, -0.25) is 4.99 Å². The Kier molecular flexibility index (Phi) is 15.5. The van der Waals surface area contributed by atoms with Crippen molar-refractivity contribution >= 4 is 40.0 Å². The number of aliphatic imine (C=N–C) groups is 1. The number of halogens is 1. The molecule has 0 unspecified atom stereocenters. The van der Waals surface area contributed by atoms with Crippen molar-refractivity contribution in [1.29, 1.82) is 0 Å². The number of ether oxygens (including phenoxy) is 3. The molecular weight excluding hydrogens is 499 g/mol. The van der Waals surface area contributed by atoms with Crippen LogP contribution in [0.5, 0.6) is 0 Å². The highest BCUT2D eigenvalue weighted by atomic mass is 127. The van der Waals surface area contributed by atoms with Crippen LogP contribution in [-0.4, -0.2) is 108 Å². The zero-order valence-electron chi connectivity index (χ0n) is 17.6.